The minimum absolute atomic E-state index is 0.0606. The Morgan fingerprint density at radius 2 is 2.00 bits per heavy atom. The Kier molecular flexibility index (Phi) is 5.58. The highest BCUT2D eigenvalue weighted by atomic mass is 32.1. The van der Waals surface area contributed by atoms with Crippen LogP contribution in [0.25, 0.3) is 0 Å². The summed E-state index contributed by atoms with van der Waals surface area (Å²) in [6.45, 7) is 5.12. The maximum Gasteiger partial charge on any atom is 0.322 e. The monoisotopic (exact) mass is 406 g/mol. The maximum atomic E-state index is 13.3. The molecule has 0 saturated heterocycles. The first kappa shape index (κ1) is 19.5. The van der Waals surface area contributed by atoms with Crippen LogP contribution >= 0.6 is 11.3 Å². The molecule has 0 saturated carbocycles. The van der Waals surface area contributed by atoms with Crippen molar-refractivity contribution in [2.45, 2.75) is 32.7 Å². The normalized spacial score (nSPS) is 15.7. The zero-order valence-electron chi connectivity index (χ0n) is 17.1. The molecule has 1 atom stereocenters. The standard InChI is InChI=1S/C24H26N2O2S/c1-4-20-16(2)29-23-21(20)13-14-26(22(23)17-9-6-5-7-10-17)24(27)25-18-11-8-12-19(15-18)28-3/h5-12,15,22H,4,13-14H2,1-3H3,(H,25,27)/t22-/m0/s1. The number of nitrogens with zero attached hydrogens (tertiary/aromatic N) is 1. The van der Waals surface area contributed by atoms with E-state index in [-0.39, 0.29) is 12.1 Å². The highest BCUT2D eigenvalue weighted by molar-refractivity contribution is 7.12. The molecular weight excluding hydrogens is 380 g/mol. The zero-order chi connectivity index (χ0) is 20.4. The van der Waals surface area contributed by atoms with E-state index < -0.39 is 0 Å². The van der Waals surface area contributed by atoms with Crippen LogP contribution in [-0.2, 0) is 12.8 Å². The van der Waals surface area contributed by atoms with Crippen LogP contribution in [0.4, 0.5) is 10.5 Å². The summed E-state index contributed by atoms with van der Waals surface area (Å²) in [6.07, 6.45) is 1.94. The second-order valence-electron chi connectivity index (χ2n) is 7.25. The van der Waals surface area contributed by atoms with Gasteiger partial charge in [0.25, 0.3) is 0 Å². The van der Waals surface area contributed by atoms with E-state index in [4.69, 9.17) is 4.74 Å². The van der Waals surface area contributed by atoms with Crippen molar-refractivity contribution in [3.05, 3.63) is 81.0 Å². The molecule has 0 fully saturated rings. The first-order chi connectivity index (χ1) is 14.1. The van der Waals surface area contributed by atoms with Gasteiger partial charge >= 0.3 is 6.03 Å². The van der Waals surface area contributed by atoms with Gasteiger partial charge in [-0.05, 0) is 48.6 Å². The Bertz CT molecular complexity index is 1010. The van der Waals surface area contributed by atoms with E-state index in [1.807, 2.05) is 58.7 Å². The summed E-state index contributed by atoms with van der Waals surface area (Å²) in [5.41, 5.74) is 4.79. The van der Waals surface area contributed by atoms with Crippen LogP contribution < -0.4 is 10.1 Å². The summed E-state index contributed by atoms with van der Waals surface area (Å²) >= 11 is 1.84. The van der Waals surface area contributed by atoms with Crippen molar-refractivity contribution >= 4 is 23.1 Å². The highest BCUT2D eigenvalue weighted by Crippen LogP contribution is 2.43. The van der Waals surface area contributed by atoms with E-state index in [2.05, 4.69) is 31.3 Å². The third kappa shape index (κ3) is 3.75. The van der Waals surface area contributed by atoms with Crippen molar-refractivity contribution in [1.82, 2.24) is 4.90 Å². The molecule has 0 radical (unpaired) electrons. The van der Waals surface area contributed by atoms with E-state index in [1.54, 1.807) is 7.11 Å². The van der Waals surface area contributed by atoms with Gasteiger partial charge in [0.15, 0.2) is 0 Å². The number of hydrogen-bond acceptors (Lipinski definition) is 3. The van der Waals surface area contributed by atoms with Gasteiger partial charge in [-0.1, -0.05) is 43.3 Å². The Labute approximate surface area is 176 Å². The molecule has 0 unspecified atom stereocenters. The fourth-order valence-electron chi connectivity index (χ4n) is 4.19. The van der Waals surface area contributed by atoms with Gasteiger partial charge < -0.3 is 15.0 Å². The fourth-order valence-corrected chi connectivity index (χ4v) is 5.64. The molecule has 2 heterocycles. The van der Waals surface area contributed by atoms with Crippen LogP contribution in [0.1, 0.15) is 39.4 Å². The number of urea groups is 1. The average molecular weight is 407 g/mol. The minimum Gasteiger partial charge on any atom is -0.497 e. The van der Waals surface area contributed by atoms with Crippen molar-refractivity contribution in [1.29, 1.82) is 0 Å². The van der Waals surface area contributed by atoms with Gasteiger partial charge in [-0.15, -0.1) is 11.3 Å². The number of nitrogens with one attached hydrogen (secondary N) is 1. The number of hydrogen-bond donors (Lipinski definition) is 1. The highest BCUT2D eigenvalue weighted by Gasteiger charge is 2.35. The molecule has 1 aliphatic rings. The number of rotatable bonds is 4. The van der Waals surface area contributed by atoms with Gasteiger partial charge in [-0.3, -0.25) is 0 Å². The van der Waals surface area contributed by atoms with Gasteiger partial charge in [0.2, 0.25) is 0 Å². The number of anilines is 1. The van der Waals surface area contributed by atoms with Crippen LogP contribution in [-0.4, -0.2) is 24.6 Å². The van der Waals surface area contributed by atoms with Gasteiger partial charge in [-0.25, -0.2) is 4.79 Å². The smallest absolute Gasteiger partial charge is 0.322 e. The van der Waals surface area contributed by atoms with Gasteiger partial charge in [0, 0.05) is 28.1 Å². The number of amides is 2. The van der Waals surface area contributed by atoms with Crippen LogP contribution in [0.5, 0.6) is 5.75 Å². The van der Waals surface area contributed by atoms with Crippen LogP contribution in [0.15, 0.2) is 54.6 Å². The molecule has 0 bridgehead atoms. The van der Waals surface area contributed by atoms with Crippen molar-refractivity contribution in [2.24, 2.45) is 0 Å². The molecule has 5 heteroatoms. The molecule has 0 spiro atoms. The lowest BCUT2D eigenvalue weighted by atomic mass is 9.92. The lowest BCUT2D eigenvalue weighted by Gasteiger charge is -2.36. The maximum absolute atomic E-state index is 13.3. The molecular formula is C24H26N2O2S. The van der Waals surface area contributed by atoms with E-state index in [9.17, 15) is 4.79 Å². The summed E-state index contributed by atoms with van der Waals surface area (Å²) in [5.74, 6) is 0.727. The van der Waals surface area contributed by atoms with Crippen LogP contribution in [0, 0.1) is 6.92 Å². The lowest BCUT2D eigenvalue weighted by Crippen LogP contribution is -2.42. The molecule has 2 amide bonds. The molecule has 4 nitrogen and oxygen atoms in total. The SMILES string of the molecule is CCc1c(C)sc2c1CCN(C(=O)Nc1cccc(OC)c1)[C@H]2c1ccccc1. The Morgan fingerprint density at radius 1 is 1.21 bits per heavy atom. The minimum atomic E-state index is -0.0816. The average Bonchev–Trinajstić information content (AvgIpc) is 3.08. The number of methoxy groups -OCH3 is 1. The number of thiophene rings is 1. The third-order valence-electron chi connectivity index (χ3n) is 5.56. The molecule has 0 aliphatic carbocycles. The zero-order valence-corrected chi connectivity index (χ0v) is 17.9. The van der Waals surface area contributed by atoms with Gasteiger partial charge in [0.1, 0.15) is 5.75 Å². The number of benzene rings is 2. The summed E-state index contributed by atoms with van der Waals surface area (Å²) in [6, 6.07) is 17.7. The topological polar surface area (TPSA) is 41.6 Å². The molecule has 1 N–H and O–H groups in total. The largest absolute Gasteiger partial charge is 0.497 e. The van der Waals surface area contributed by atoms with Crippen LogP contribution in [0.3, 0.4) is 0 Å². The quantitative estimate of drug-likeness (QED) is 0.594. The second kappa shape index (κ2) is 8.29. The number of aryl methyl sites for hydroxylation is 1. The Hall–Kier alpha value is -2.79. The predicted octanol–water partition coefficient (Wildman–Crippen LogP) is 5.81. The van der Waals surface area contributed by atoms with Crippen molar-refractivity contribution in [2.75, 3.05) is 19.0 Å². The molecule has 1 aliphatic heterocycles. The van der Waals surface area contributed by atoms with Crippen molar-refractivity contribution in [3.8, 4) is 5.75 Å². The van der Waals surface area contributed by atoms with Crippen LogP contribution in [0.2, 0.25) is 0 Å². The summed E-state index contributed by atoms with van der Waals surface area (Å²) in [4.78, 5) is 17.9. The molecule has 150 valence electrons. The lowest BCUT2D eigenvalue weighted by molar-refractivity contribution is 0.195. The molecule has 29 heavy (non-hydrogen) atoms. The van der Waals surface area contributed by atoms with Crippen molar-refractivity contribution in [3.63, 3.8) is 0 Å². The Morgan fingerprint density at radius 3 is 2.72 bits per heavy atom. The third-order valence-corrected chi connectivity index (χ3v) is 6.81. The van der Waals surface area contributed by atoms with E-state index in [0.717, 1.165) is 29.8 Å². The van der Waals surface area contributed by atoms with E-state index >= 15 is 0 Å². The fraction of sp³-hybridized carbons (Fsp3) is 0.292. The number of carbonyl (C=O) groups excluding carboxylic acids is 1. The summed E-state index contributed by atoms with van der Waals surface area (Å²) in [7, 11) is 1.63. The number of carbonyl (C=O) groups is 1. The first-order valence-electron chi connectivity index (χ1n) is 10.00. The number of ether oxygens (including phenoxy) is 1. The van der Waals surface area contributed by atoms with E-state index in [1.165, 1.54) is 20.9 Å². The predicted molar refractivity (Wildman–Crippen MR) is 119 cm³/mol. The molecule has 2 aromatic carbocycles. The van der Waals surface area contributed by atoms with Gasteiger partial charge in [0.05, 0.1) is 13.2 Å². The second-order valence-corrected chi connectivity index (χ2v) is 8.51. The molecule has 3 aromatic rings. The van der Waals surface area contributed by atoms with Crippen molar-refractivity contribution < 1.29 is 9.53 Å². The Balaban J connectivity index is 1.70. The summed E-state index contributed by atoms with van der Waals surface area (Å²) in [5, 5.41) is 3.06. The van der Waals surface area contributed by atoms with E-state index in [0.29, 0.717) is 6.54 Å². The van der Waals surface area contributed by atoms with Gasteiger partial charge in [-0.2, -0.15) is 0 Å². The summed E-state index contributed by atoms with van der Waals surface area (Å²) < 4.78 is 5.28. The number of fused-ring (bicyclic) bond motifs is 1. The molecule has 1 aromatic heterocycles. The first-order valence-corrected chi connectivity index (χ1v) is 10.8. The molecule has 4 rings (SSSR count).